The van der Waals surface area contributed by atoms with E-state index in [4.69, 9.17) is 4.74 Å². The second-order valence-corrected chi connectivity index (χ2v) is 7.51. The minimum atomic E-state index is 0.207. The highest BCUT2D eigenvalue weighted by atomic mass is 16.5. The van der Waals surface area contributed by atoms with Gasteiger partial charge < -0.3 is 9.64 Å². The molecular formula is C18H33NO2. The molecule has 1 saturated carbocycles. The van der Waals surface area contributed by atoms with Gasteiger partial charge in [0, 0.05) is 13.5 Å². The molecule has 1 saturated heterocycles. The van der Waals surface area contributed by atoms with Crippen LogP contribution in [0.15, 0.2) is 0 Å². The van der Waals surface area contributed by atoms with Gasteiger partial charge in [0.1, 0.15) is 0 Å². The summed E-state index contributed by atoms with van der Waals surface area (Å²) >= 11 is 0. The molecule has 1 heterocycles. The SMILES string of the molecule is CC(=O)N1CCC[C@H](C)[C@@H]1CO[C@H]1CC[C@@H](C(C)C)CC1. The summed E-state index contributed by atoms with van der Waals surface area (Å²) in [4.78, 5) is 13.8. The summed E-state index contributed by atoms with van der Waals surface area (Å²) in [6.45, 7) is 10.3. The Morgan fingerprint density at radius 3 is 2.43 bits per heavy atom. The van der Waals surface area contributed by atoms with Crippen LogP contribution in [-0.2, 0) is 9.53 Å². The predicted molar refractivity (Wildman–Crippen MR) is 86.1 cm³/mol. The molecular weight excluding hydrogens is 262 g/mol. The number of carbonyl (C=O) groups is 1. The molecule has 3 nitrogen and oxygen atoms in total. The zero-order chi connectivity index (χ0) is 15.4. The summed E-state index contributed by atoms with van der Waals surface area (Å²) in [5.41, 5.74) is 0. The van der Waals surface area contributed by atoms with E-state index in [9.17, 15) is 4.79 Å². The van der Waals surface area contributed by atoms with Crippen LogP contribution in [-0.4, -0.2) is 36.1 Å². The molecule has 1 aliphatic heterocycles. The van der Waals surface area contributed by atoms with Crippen molar-refractivity contribution in [2.75, 3.05) is 13.2 Å². The maximum absolute atomic E-state index is 11.8. The lowest BCUT2D eigenvalue weighted by molar-refractivity contribution is -0.137. The fourth-order valence-electron chi connectivity index (χ4n) is 4.05. The molecule has 0 aromatic rings. The molecule has 1 aliphatic carbocycles. The van der Waals surface area contributed by atoms with Crippen molar-refractivity contribution in [2.24, 2.45) is 17.8 Å². The molecule has 3 heteroatoms. The first-order valence-electron chi connectivity index (χ1n) is 8.87. The number of hydrogen-bond donors (Lipinski definition) is 0. The summed E-state index contributed by atoms with van der Waals surface area (Å²) in [7, 11) is 0. The van der Waals surface area contributed by atoms with Crippen LogP contribution in [0, 0.1) is 17.8 Å². The standard InChI is InChI=1S/C18H33NO2/c1-13(2)16-7-9-17(10-8-16)21-12-18-14(3)6-5-11-19(18)15(4)20/h13-14,16-18H,5-12H2,1-4H3/t14-,16-,17+,18-/m0/s1. The molecule has 0 radical (unpaired) electrons. The maximum atomic E-state index is 11.8. The van der Waals surface area contributed by atoms with Gasteiger partial charge in [0.2, 0.25) is 5.91 Å². The van der Waals surface area contributed by atoms with Crippen LogP contribution in [0.2, 0.25) is 0 Å². The molecule has 2 atom stereocenters. The van der Waals surface area contributed by atoms with Crippen LogP contribution in [0.5, 0.6) is 0 Å². The normalized spacial score (nSPS) is 34.2. The van der Waals surface area contributed by atoms with E-state index in [-0.39, 0.29) is 5.91 Å². The Morgan fingerprint density at radius 2 is 1.86 bits per heavy atom. The number of hydrogen-bond acceptors (Lipinski definition) is 2. The molecule has 1 amide bonds. The highest BCUT2D eigenvalue weighted by Gasteiger charge is 2.32. The molecule has 0 bridgehead atoms. The molecule has 2 rings (SSSR count). The second kappa shape index (κ2) is 7.62. The fraction of sp³-hybridized carbons (Fsp3) is 0.944. The Balaban J connectivity index is 1.80. The highest BCUT2D eigenvalue weighted by Crippen LogP contribution is 2.32. The lowest BCUT2D eigenvalue weighted by Crippen LogP contribution is -2.49. The van der Waals surface area contributed by atoms with E-state index in [1.807, 2.05) is 4.90 Å². The average molecular weight is 295 g/mol. The van der Waals surface area contributed by atoms with Crippen molar-refractivity contribution < 1.29 is 9.53 Å². The molecule has 0 N–H and O–H groups in total. The fourth-order valence-corrected chi connectivity index (χ4v) is 4.05. The molecule has 0 aromatic heterocycles. The van der Waals surface area contributed by atoms with Crippen LogP contribution < -0.4 is 0 Å². The number of carbonyl (C=O) groups excluding carboxylic acids is 1. The Morgan fingerprint density at radius 1 is 1.19 bits per heavy atom. The molecule has 2 fully saturated rings. The smallest absolute Gasteiger partial charge is 0.219 e. The molecule has 0 aromatic carbocycles. The van der Waals surface area contributed by atoms with Crippen LogP contribution in [0.4, 0.5) is 0 Å². The number of piperidine rings is 1. The van der Waals surface area contributed by atoms with E-state index in [1.54, 1.807) is 6.92 Å². The summed E-state index contributed by atoms with van der Waals surface area (Å²) in [5.74, 6) is 2.46. The maximum Gasteiger partial charge on any atom is 0.219 e. The van der Waals surface area contributed by atoms with Gasteiger partial charge >= 0.3 is 0 Å². The average Bonchev–Trinajstić information content (AvgIpc) is 2.46. The van der Waals surface area contributed by atoms with Gasteiger partial charge in [-0.15, -0.1) is 0 Å². The first-order valence-corrected chi connectivity index (χ1v) is 8.87. The number of ether oxygens (including phenoxy) is 1. The van der Waals surface area contributed by atoms with E-state index >= 15 is 0 Å². The molecule has 2 aliphatic rings. The molecule has 0 unspecified atom stereocenters. The van der Waals surface area contributed by atoms with Crippen LogP contribution >= 0.6 is 0 Å². The van der Waals surface area contributed by atoms with Crippen molar-refractivity contribution in [2.45, 2.75) is 78.4 Å². The van der Waals surface area contributed by atoms with Crippen molar-refractivity contribution in [1.29, 1.82) is 0 Å². The Bertz CT molecular complexity index is 334. The van der Waals surface area contributed by atoms with Gasteiger partial charge in [-0.2, -0.15) is 0 Å². The van der Waals surface area contributed by atoms with Gasteiger partial charge in [-0.25, -0.2) is 0 Å². The van der Waals surface area contributed by atoms with E-state index in [2.05, 4.69) is 20.8 Å². The van der Waals surface area contributed by atoms with Crippen molar-refractivity contribution in [1.82, 2.24) is 4.90 Å². The monoisotopic (exact) mass is 295 g/mol. The van der Waals surface area contributed by atoms with Crippen molar-refractivity contribution in [3.8, 4) is 0 Å². The van der Waals surface area contributed by atoms with Gasteiger partial charge in [-0.1, -0.05) is 20.8 Å². The van der Waals surface area contributed by atoms with Crippen LogP contribution in [0.3, 0.4) is 0 Å². The van der Waals surface area contributed by atoms with E-state index in [1.165, 1.54) is 32.1 Å². The number of likely N-dealkylation sites (tertiary alicyclic amines) is 1. The van der Waals surface area contributed by atoms with Crippen molar-refractivity contribution >= 4 is 5.91 Å². The van der Waals surface area contributed by atoms with Gasteiger partial charge in [-0.3, -0.25) is 4.79 Å². The first kappa shape index (κ1) is 16.8. The van der Waals surface area contributed by atoms with Crippen molar-refractivity contribution in [3.05, 3.63) is 0 Å². The number of nitrogens with zero attached hydrogens (tertiary/aromatic N) is 1. The lowest BCUT2D eigenvalue weighted by atomic mass is 9.80. The van der Waals surface area contributed by atoms with E-state index < -0.39 is 0 Å². The van der Waals surface area contributed by atoms with Gasteiger partial charge in [0.05, 0.1) is 18.8 Å². The first-order chi connectivity index (χ1) is 9.99. The highest BCUT2D eigenvalue weighted by molar-refractivity contribution is 5.73. The molecule has 0 spiro atoms. The van der Waals surface area contributed by atoms with E-state index in [0.717, 1.165) is 31.4 Å². The minimum Gasteiger partial charge on any atom is -0.376 e. The topological polar surface area (TPSA) is 29.5 Å². The molecule has 21 heavy (non-hydrogen) atoms. The molecule has 122 valence electrons. The van der Waals surface area contributed by atoms with Gasteiger partial charge in [-0.05, 0) is 56.3 Å². The zero-order valence-electron chi connectivity index (χ0n) is 14.3. The van der Waals surface area contributed by atoms with Crippen LogP contribution in [0.25, 0.3) is 0 Å². The Labute approximate surface area is 130 Å². The predicted octanol–water partition coefficient (Wildman–Crippen LogP) is 3.86. The summed E-state index contributed by atoms with van der Waals surface area (Å²) in [6, 6.07) is 0.291. The summed E-state index contributed by atoms with van der Waals surface area (Å²) in [6.07, 6.45) is 7.78. The van der Waals surface area contributed by atoms with Gasteiger partial charge in [0.15, 0.2) is 0 Å². The lowest BCUT2D eigenvalue weighted by Gasteiger charge is -2.40. The van der Waals surface area contributed by atoms with Gasteiger partial charge in [0.25, 0.3) is 0 Å². The quantitative estimate of drug-likeness (QED) is 0.788. The third-order valence-corrected chi connectivity index (χ3v) is 5.68. The summed E-state index contributed by atoms with van der Waals surface area (Å²) < 4.78 is 6.21. The minimum absolute atomic E-state index is 0.207. The van der Waals surface area contributed by atoms with Crippen LogP contribution in [0.1, 0.15) is 66.2 Å². The number of amides is 1. The number of rotatable bonds is 4. The largest absolute Gasteiger partial charge is 0.376 e. The Kier molecular flexibility index (Phi) is 6.09. The van der Waals surface area contributed by atoms with Crippen molar-refractivity contribution in [3.63, 3.8) is 0 Å². The van der Waals surface area contributed by atoms with E-state index in [0.29, 0.717) is 18.1 Å². The second-order valence-electron chi connectivity index (χ2n) is 7.51. The zero-order valence-corrected chi connectivity index (χ0v) is 14.3. The third kappa shape index (κ3) is 4.45. The third-order valence-electron chi connectivity index (χ3n) is 5.68. The summed E-state index contributed by atoms with van der Waals surface area (Å²) in [5, 5.41) is 0. The Hall–Kier alpha value is -0.570.